The lowest BCUT2D eigenvalue weighted by atomic mass is 9.92. The van der Waals surface area contributed by atoms with Crippen LogP contribution >= 0.6 is 24.0 Å². The molecule has 28 heavy (non-hydrogen) atoms. The van der Waals surface area contributed by atoms with E-state index in [9.17, 15) is 4.39 Å². The maximum Gasteiger partial charge on any atom is 0.193 e. The summed E-state index contributed by atoms with van der Waals surface area (Å²) in [5.74, 6) is 2.10. The SMILES string of the molecule is CN=C(NCC(c1cccc(F)c1)N1CCOCC1)N1CC(C)CC(C)C1.I. The first-order valence-corrected chi connectivity index (χ1v) is 10.1. The van der Waals surface area contributed by atoms with Crippen LogP contribution in [0.5, 0.6) is 0 Å². The summed E-state index contributed by atoms with van der Waals surface area (Å²) >= 11 is 0. The minimum absolute atomic E-state index is 0. The Morgan fingerprint density at radius 3 is 2.54 bits per heavy atom. The highest BCUT2D eigenvalue weighted by Crippen LogP contribution is 2.23. The number of likely N-dealkylation sites (tertiary alicyclic amines) is 1. The number of halogens is 2. The van der Waals surface area contributed by atoms with Crippen molar-refractivity contribution >= 4 is 29.9 Å². The highest BCUT2D eigenvalue weighted by molar-refractivity contribution is 14.0. The molecule has 2 fully saturated rings. The zero-order valence-corrected chi connectivity index (χ0v) is 19.6. The largest absolute Gasteiger partial charge is 0.379 e. The molecule has 2 aliphatic heterocycles. The molecule has 3 rings (SSSR count). The predicted molar refractivity (Wildman–Crippen MR) is 123 cm³/mol. The molecule has 1 aromatic rings. The van der Waals surface area contributed by atoms with E-state index in [2.05, 4.69) is 34.0 Å². The van der Waals surface area contributed by atoms with Crippen LogP contribution in [-0.2, 0) is 4.74 Å². The van der Waals surface area contributed by atoms with E-state index in [0.717, 1.165) is 50.9 Å². The van der Waals surface area contributed by atoms with Gasteiger partial charge in [-0.2, -0.15) is 0 Å². The van der Waals surface area contributed by atoms with Crippen molar-refractivity contribution in [3.63, 3.8) is 0 Å². The van der Waals surface area contributed by atoms with Crippen molar-refractivity contribution in [3.05, 3.63) is 35.6 Å². The van der Waals surface area contributed by atoms with E-state index >= 15 is 0 Å². The molecule has 1 aromatic carbocycles. The molecule has 7 heteroatoms. The van der Waals surface area contributed by atoms with Gasteiger partial charge in [0.05, 0.1) is 19.3 Å². The number of piperidine rings is 1. The molecule has 1 N–H and O–H groups in total. The normalized spacial score (nSPS) is 25.1. The van der Waals surface area contributed by atoms with Gasteiger partial charge in [0.25, 0.3) is 0 Å². The maximum absolute atomic E-state index is 13.8. The molecule has 2 saturated heterocycles. The zero-order chi connectivity index (χ0) is 19.2. The third-order valence-corrected chi connectivity index (χ3v) is 5.55. The first-order chi connectivity index (χ1) is 13.1. The van der Waals surface area contributed by atoms with Gasteiger partial charge in [-0.25, -0.2) is 4.39 Å². The summed E-state index contributed by atoms with van der Waals surface area (Å²) in [6.07, 6.45) is 1.27. The van der Waals surface area contributed by atoms with Crippen LogP contribution in [0.15, 0.2) is 29.3 Å². The molecule has 0 bridgehead atoms. The lowest BCUT2D eigenvalue weighted by molar-refractivity contribution is 0.0168. The number of morpholine rings is 1. The Morgan fingerprint density at radius 2 is 1.93 bits per heavy atom. The third kappa shape index (κ3) is 6.29. The monoisotopic (exact) mass is 504 g/mol. The summed E-state index contributed by atoms with van der Waals surface area (Å²) in [6, 6.07) is 7.05. The van der Waals surface area contributed by atoms with Crippen LogP contribution in [0.3, 0.4) is 0 Å². The number of nitrogens with one attached hydrogen (secondary N) is 1. The van der Waals surface area contributed by atoms with Gasteiger partial charge in [0.15, 0.2) is 5.96 Å². The standard InChI is InChI=1S/C21H33FN4O.HI/c1-16-11-17(2)15-26(14-16)21(23-3)24-13-20(25-7-9-27-10-8-25)18-5-4-6-19(22)12-18;/h4-6,12,16-17,20H,7-11,13-15H2,1-3H3,(H,23,24);1H. The van der Waals surface area contributed by atoms with Crippen molar-refractivity contribution in [1.82, 2.24) is 15.1 Å². The number of benzene rings is 1. The molecule has 5 nitrogen and oxygen atoms in total. The van der Waals surface area contributed by atoms with Crippen LogP contribution < -0.4 is 5.32 Å². The topological polar surface area (TPSA) is 40.1 Å². The summed E-state index contributed by atoms with van der Waals surface area (Å²) in [5, 5.41) is 3.57. The third-order valence-electron chi connectivity index (χ3n) is 5.55. The van der Waals surface area contributed by atoms with Crippen LogP contribution in [0.4, 0.5) is 4.39 Å². The number of rotatable bonds is 4. The summed E-state index contributed by atoms with van der Waals surface area (Å²) < 4.78 is 19.3. The van der Waals surface area contributed by atoms with E-state index < -0.39 is 0 Å². The second kappa shape index (κ2) is 11.3. The van der Waals surface area contributed by atoms with Gasteiger partial charge in [0.2, 0.25) is 0 Å². The number of nitrogens with zero attached hydrogens (tertiary/aromatic N) is 3. The Balaban J connectivity index is 0.00000280. The van der Waals surface area contributed by atoms with E-state index in [1.165, 1.54) is 12.5 Å². The van der Waals surface area contributed by atoms with Crippen LogP contribution in [0, 0.1) is 17.7 Å². The summed E-state index contributed by atoms with van der Waals surface area (Å²) in [4.78, 5) is 9.26. The molecule has 3 unspecified atom stereocenters. The fourth-order valence-electron chi connectivity index (χ4n) is 4.42. The van der Waals surface area contributed by atoms with Gasteiger partial charge in [-0.1, -0.05) is 26.0 Å². The van der Waals surface area contributed by atoms with Gasteiger partial charge in [0, 0.05) is 39.8 Å². The van der Waals surface area contributed by atoms with Gasteiger partial charge in [0.1, 0.15) is 5.82 Å². The van der Waals surface area contributed by atoms with Gasteiger partial charge in [-0.15, -0.1) is 24.0 Å². The van der Waals surface area contributed by atoms with E-state index in [0.29, 0.717) is 18.4 Å². The fourth-order valence-corrected chi connectivity index (χ4v) is 4.42. The van der Waals surface area contributed by atoms with Crippen molar-refractivity contribution in [2.45, 2.75) is 26.3 Å². The van der Waals surface area contributed by atoms with E-state index in [4.69, 9.17) is 4.74 Å². The van der Waals surface area contributed by atoms with Gasteiger partial charge < -0.3 is 15.0 Å². The highest BCUT2D eigenvalue weighted by atomic mass is 127. The molecule has 0 aromatic heterocycles. The minimum atomic E-state index is -0.186. The maximum atomic E-state index is 13.8. The Kier molecular flexibility index (Phi) is 9.43. The van der Waals surface area contributed by atoms with Gasteiger partial charge >= 0.3 is 0 Å². The average Bonchev–Trinajstić information content (AvgIpc) is 2.65. The number of hydrogen-bond acceptors (Lipinski definition) is 3. The van der Waals surface area contributed by atoms with Gasteiger partial charge in [-0.3, -0.25) is 9.89 Å². The number of hydrogen-bond donors (Lipinski definition) is 1. The van der Waals surface area contributed by atoms with Crippen LogP contribution in [0.2, 0.25) is 0 Å². The molecular formula is C21H34FIN4O. The molecular weight excluding hydrogens is 470 g/mol. The van der Waals surface area contributed by atoms with E-state index in [1.807, 2.05) is 13.1 Å². The summed E-state index contributed by atoms with van der Waals surface area (Å²) in [7, 11) is 1.85. The Hall–Kier alpha value is -0.930. The molecule has 0 amide bonds. The van der Waals surface area contributed by atoms with Crippen LogP contribution in [0.1, 0.15) is 31.9 Å². The number of guanidine groups is 1. The number of ether oxygens (including phenoxy) is 1. The smallest absolute Gasteiger partial charge is 0.193 e. The van der Waals surface area contributed by atoms with Crippen molar-refractivity contribution in [2.75, 3.05) is 53.0 Å². The molecule has 2 heterocycles. The van der Waals surface area contributed by atoms with Crippen molar-refractivity contribution in [1.29, 1.82) is 0 Å². The molecule has 3 atom stereocenters. The van der Waals surface area contributed by atoms with Crippen molar-refractivity contribution in [3.8, 4) is 0 Å². The lowest BCUT2D eigenvalue weighted by Gasteiger charge is -2.39. The lowest BCUT2D eigenvalue weighted by Crippen LogP contribution is -2.51. The summed E-state index contributed by atoms with van der Waals surface area (Å²) in [6.45, 7) is 10.5. The number of aliphatic imine (C=N–C) groups is 1. The van der Waals surface area contributed by atoms with Crippen molar-refractivity contribution < 1.29 is 9.13 Å². The molecule has 0 saturated carbocycles. The second-order valence-electron chi connectivity index (χ2n) is 8.00. The van der Waals surface area contributed by atoms with Crippen LogP contribution in [0.25, 0.3) is 0 Å². The van der Waals surface area contributed by atoms with Gasteiger partial charge in [-0.05, 0) is 36.0 Å². The fraction of sp³-hybridized carbons (Fsp3) is 0.667. The van der Waals surface area contributed by atoms with Crippen LogP contribution in [-0.4, -0.2) is 68.7 Å². The highest BCUT2D eigenvalue weighted by Gasteiger charge is 2.27. The minimum Gasteiger partial charge on any atom is -0.379 e. The quantitative estimate of drug-likeness (QED) is 0.388. The first kappa shape index (κ1) is 23.3. The molecule has 0 aliphatic carbocycles. The molecule has 0 radical (unpaired) electrons. The molecule has 158 valence electrons. The van der Waals surface area contributed by atoms with Crippen molar-refractivity contribution in [2.24, 2.45) is 16.8 Å². The molecule has 0 spiro atoms. The van der Waals surface area contributed by atoms with E-state index in [1.54, 1.807) is 12.1 Å². The average molecular weight is 504 g/mol. The predicted octanol–water partition coefficient (Wildman–Crippen LogP) is 3.37. The zero-order valence-electron chi connectivity index (χ0n) is 17.2. The second-order valence-corrected chi connectivity index (χ2v) is 8.00. The Bertz CT molecular complexity index is 629. The Labute approximate surface area is 185 Å². The van der Waals surface area contributed by atoms with E-state index in [-0.39, 0.29) is 35.8 Å². The molecule has 2 aliphatic rings. The Morgan fingerprint density at radius 1 is 1.25 bits per heavy atom. The summed E-state index contributed by atoms with van der Waals surface area (Å²) in [5.41, 5.74) is 1.00. The first-order valence-electron chi connectivity index (χ1n) is 10.1.